The van der Waals surface area contributed by atoms with Crippen molar-refractivity contribution in [2.75, 3.05) is 26.2 Å². The average Bonchev–Trinajstić information content (AvgIpc) is 2.95. The van der Waals surface area contributed by atoms with E-state index in [4.69, 9.17) is 0 Å². The average molecular weight is 332 g/mol. The number of nitrogens with zero attached hydrogens (tertiary/aromatic N) is 4. The molecule has 0 aromatic carbocycles. The molecule has 2 aromatic heterocycles. The maximum atomic E-state index is 12.3. The maximum Gasteiger partial charge on any atom is 0.250 e. The van der Waals surface area contributed by atoms with Crippen LogP contribution < -0.4 is 5.56 Å². The molecule has 7 heteroatoms. The second-order valence-corrected chi connectivity index (χ2v) is 6.74. The van der Waals surface area contributed by atoms with E-state index in [1.165, 1.54) is 10.6 Å². The fraction of sp³-hybridized carbons (Fsp3) is 0.438. The SMILES string of the molecule is Cc1nc(CN2CCN(C(=O)Cn3ccccc3=O)CC2)cs1. The number of thiazole rings is 1. The third-order valence-corrected chi connectivity index (χ3v) is 4.80. The Bertz CT molecular complexity index is 731. The Balaban J connectivity index is 1.51. The molecule has 6 nitrogen and oxygen atoms in total. The van der Waals surface area contributed by atoms with Gasteiger partial charge in [-0.15, -0.1) is 11.3 Å². The summed E-state index contributed by atoms with van der Waals surface area (Å²) < 4.78 is 1.45. The van der Waals surface area contributed by atoms with E-state index in [0.29, 0.717) is 13.1 Å². The zero-order valence-corrected chi connectivity index (χ0v) is 14.0. The molecule has 122 valence electrons. The number of carbonyl (C=O) groups is 1. The van der Waals surface area contributed by atoms with Gasteiger partial charge in [-0.2, -0.15) is 0 Å². The van der Waals surface area contributed by atoms with Crippen LogP contribution in [0, 0.1) is 6.92 Å². The first kappa shape index (κ1) is 15.9. The fourth-order valence-corrected chi connectivity index (χ4v) is 3.31. The topological polar surface area (TPSA) is 58.4 Å². The molecule has 3 rings (SSSR count). The minimum atomic E-state index is -0.140. The standard InChI is InChI=1S/C16H20N4O2S/c1-13-17-14(12-23-13)10-18-6-8-19(9-7-18)16(22)11-20-5-3-2-4-15(20)21/h2-5,12H,6-11H2,1H3. The van der Waals surface area contributed by atoms with Crippen molar-refractivity contribution in [3.05, 3.63) is 50.8 Å². The van der Waals surface area contributed by atoms with Crippen LogP contribution in [0.5, 0.6) is 0 Å². The van der Waals surface area contributed by atoms with Crippen molar-refractivity contribution in [1.82, 2.24) is 19.4 Å². The van der Waals surface area contributed by atoms with E-state index in [-0.39, 0.29) is 18.0 Å². The van der Waals surface area contributed by atoms with Gasteiger partial charge in [-0.25, -0.2) is 4.98 Å². The molecule has 0 N–H and O–H groups in total. The molecule has 1 aliphatic heterocycles. The molecule has 0 spiro atoms. The summed E-state index contributed by atoms with van der Waals surface area (Å²) in [6, 6.07) is 4.92. The highest BCUT2D eigenvalue weighted by molar-refractivity contribution is 7.09. The zero-order chi connectivity index (χ0) is 16.2. The third-order valence-electron chi connectivity index (χ3n) is 3.98. The van der Waals surface area contributed by atoms with E-state index in [2.05, 4.69) is 15.3 Å². The first-order valence-electron chi connectivity index (χ1n) is 7.68. The van der Waals surface area contributed by atoms with Gasteiger partial charge in [-0.05, 0) is 13.0 Å². The normalized spacial score (nSPS) is 15.8. The van der Waals surface area contributed by atoms with Gasteiger partial charge in [0.15, 0.2) is 0 Å². The summed E-state index contributed by atoms with van der Waals surface area (Å²) in [7, 11) is 0. The van der Waals surface area contributed by atoms with Crippen LogP contribution in [0.2, 0.25) is 0 Å². The Morgan fingerprint density at radius 2 is 2.04 bits per heavy atom. The van der Waals surface area contributed by atoms with Gasteiger partial charge in [-0.3, -0.25) is 14.5 Å². The molecule has 1 aliphatic rings. The van der Waals surface area contributed by atoms with E-state index in [1.54, 1.807) is 29.7 Å². The summed E-state index contributed by atoms with van der Waals surface area (Å²) in [6.07, 6.45) is 1.65. The van der Waals surface area contributed by atoms with Crippen molar-refractivity contribution in [2.24, 2.45) is 0 Å². The second kappa shape index (κ2) is 7.06. The van der Waals surface area contributed by atoms with Crippen LogP contribution in [-0.2, 0) is 17.9 Å². The predicted molar refractivity (Wildman–Crippen MR) is 89.4 cm³/mol. The Morgan fingerprint density at radius 3 is 2.70 bits per heavy atom. The molecule has 2 aromatic rings. The molecular formula is C16H20N4O2S. The Morgan fingerprint density at radius 1 is 1.26 bits per heavy atom. The van der Waals surface area contributed by atoms with E-state index >= 15 is 0 Å². The van der Waals surface area contributed by atoms with Crippen LogP contribution in [0.15, 0.2) is 34.6 Å². The van der Waals surface area contributed by atoms with Crippen LogP contribution in [0.1, 0.15) is 10.7 Å². The number of rotatable bonds is 4. The first-order valence-corrected chi connectivity index (χ1v) is 8.56. The van der Waals surface area contributed by atoms with Crippen LogP contribution in [0.3, 0.4) is 0 Å². The summed E-state index contributed by atoms with van der Waals surface area (Å²) in [5, 5.41) is 3.18. The molecular weight excluding hydrogens is 312 g/mol. The van der Waals surface area contributed by atoms with Gasteiger partial charge >= 0.3 is 0 Å². The number of carbonyl (C=O) groups excluding carboxylic acids is 1. The molecule has 0 atom stereocenters. The number of hydrogen-bond donors (Lipinski definition) is 0. The number of aromatic nitrogens is 2. The molecule has 0 unspecified atom stereocenters. The van der Waals surface area contributed by atoms with Crippen LogP contribution in [-0.4, -0.2) is 51.4 Å². The number of pyridine rings is 1. The molecule has 0 bridgehead atoms. The number of piperazine rings is 1. The van der Waals surface area contributed by atoms with Crippen molar-refractivity contribution in [3.8, 4) is 0 Å². The van der Waals surface area contributed by atoms with Crippen molar-refractivity contribution in [3.63, 3.8) is 0 Å². The summed E-state index contributed by atoms with van der Waals surface area (Å²) in [5.74, 6) is 0.00227. The molecule has 1 saturated heterocycles. The maximum absolute atomic E-state index is 12.3. The van der Waals surface area contributed by atoms with Gasteiger partial charge in [-0.1, -0.05) is 6.07 Å². The van der Waals surface area contributed by atoms with Crippen molar-refractivity contribution >= 4 is 17.2 Å². The number of amides is 1. The molecule has 1 fully saturated rings. The summed E-state index contributed by atoms with van der Waals surface area (Å²) >= 11 is 1.67. The molecule has 23 heavy (non-hydrogen) atoms. The lowest BCUT2D eigenvalue weighted by atomic mass is 10.3. The minimum absolute atomic E-state index is 0.00227. The van der Waals surface area contributed by atoms with Crippen molar-refractivity contribution in [1.29, 1.82) is 0 Å². The predicted octanol–water partition coefficient (Wildman–Crippen LogP) is 0.958. The van der Waals surface area contributed by atoms with Gasteiger partial charge in [0.2, 0.25) is 5.91 Å². The second-order valence-electron chi connectivity index (χ2n) is 5.68. The van der Waals surface area contributed by atoms with Gasteiger partial charge in [0.25, 0.3) is 5.56 Å². The Hall–Kier alpha value is -1.99. The van der Waals surface area contributed by atoms with E-state index in [9.17, 15) is 9.59 Å². The summed E-state index contributed by atoms with van der Waals surface area (Å²) in [5.41, 5.74) is 0.960. The highest BCUT2D eigenvalue weighted by Crippen LogP contribution is 2.12. The monoisotopic (exact) mass is 332 g/mol. The van der Waals surface area contributed by atoms with Crippen molar-refractivity contribution < 1.29 is 4.79 Å². The first-order chi connectivity index (χ1) is 11.1. The molecule has 3 heterocycles. The van der Waals surface area contributed by atoms with Crippen molar-refractivity contribution in [2.45, 2.75) is 20.0 Å². The number of hydrogen-bond acceptors (Lipinski definition) is 5. The third kappa shape index (κ3) is 4.05. The van der Waals surface area contributed by atoms with Gasteiger partial charge in [0.05, 0.1) is 10.7 Å². The Kier molecular flexibility index (Phi) is 4.88. The van der Waals surface area contributed by atoms with Gasteiger partial charge in [0, 0.05) is 50.4 Å². The molecule has 0 saturated carbocycles. The quantitative estimate of drug-likeness (QED) is 0.837. The van der Waals surface area contributed by atoms with Crippen LogP contribution in [0.25, 0.3) is 0 Å². The van der Waals surface area contributed by atoms with Crippen LogP contribution in [0.4, 0.5) is 0 Å². The lowest BCUT2D eigenvalue weighted by Crippen LogP contribution is -2.49. The lowest BCUT2D eigenvalue weighted by molar-refractivity contribution is -0.133. The Labute approximate surface area is 139 Å². The van der Waals surface area contributed by atoms with Gasteiger partial charge < -0.3 is 9.47 Å². The lowest BCUT2D eigenvalue weighted by Gasteiger charge is -2.34. The van der Waals surface area contributed by atoms with Crippen LogP contribution >= 0.6 is 11.3 Å². The summed E-state index contributed by atoms with van der Waals surface area (Å²) in [4.78, 5) is 32.6. The minimum Gasteiger partial charge on any atom is -0.339 e. The molecule has 0 aliphatic carbocycles. The fourth-order valence-electron chi connectivity index (χ4n) is 2.70. The van der Waals surface area contributed by atoms with E-state index < -0.39 is 0 Å². The highest BCUT2D eigenvalue weighted by Gasteiger charge is 2.21. The van der Waals surface area contributed by atoms with E-state index in [1.807, 2.05) is 11.8 Å². The molecule has 0 radical (unpaired) electrons. The van der Waals surface area contributed by atoms with Gasteiger partial charge in [0.1, 0.15) is 6.54 Å². The smallest absolute Gasteiger partial charge is 0.250 e. The molecule has 1 amide bonds. The largest absolute Gasteiger partial charge is 0.339 e. The zero-order valence-electron chi connectivity index (χ0n) is 13.1. The summed E-state index contributed by atoms with van der Waals surface area (Å²) in [6.45, 7) is 6.04. The number of aryl methyl sites for hydroxylation is 1. The highest BCUT2D eigenvalue weighted by atomic mass is 32.1. The van der Waals surface area contributed by atoms with E-state index in [0.717, 1.165) is 30.3 Å².